The first-order valence-electron chi connectivity index (χ1n) is 2.93. The molecule has 3 nitrogen and oxygen atoms in total. The summed E-state index contributed by atoms with van der Waals surface area (Å²) in [5.41, 5.74) is 0.843. The third-order valence-electron chi connectivity index (χ3n) is 1.24. The summed E-state index contributed by atoms with van der Waals surface area (Å²) in [6.45, 7) is 4.01. The molecule has 0 atom stereocenters. The molecule has 1 aromatic rings. The summed E-state index contributed by atoms with van der Waals surface area (Å²) in [4.78, 5) is 3.76. The lowest BCUT2D eigenvalue weighted by Crippen LogP contribution is -1.97. The smallest absolute Gasteiger partial charge is 0.131 e. The van der Waals surface area contributed by atoms with Crippen molar-refractivity contribution in [3.05, 3.63) is 18.2 Å². The first-order chi connectivity index (χ1) is 4.22. The maximum Gasteiger partial charge on any atom is 0.131 e. The second kappa shape index (κ2) is 2.09. The number of hydrogen-bond donors (Lipinski definition) is 1. The highest BCUT2D eigenvalue weighted by molar-refractivity contribution is 5.00. The van der Waals surface area contributed by atoms with Gasteiger partial charge in [0.2, 0.25) is 0 Å². The van der Waals surface area contributed by atoms with E-state index in [4.69, 9.17) is 5.21 Å². The maximum atomic E-state index is 8.98. The van der Waals surface area contributed by atoms with Crippen molar-refractivity contribution in [3.63, 3.8) is 0 Å². The molecule has 9 heavy (non-hydrogen) atoms. The molecule has 0 aliphatic heterocycles. The van der Waals surface area contributed by atoms with Gasteiger partial charge in [-0.05, 0) is 5.92 Å². The van der Waals surface area contributed by atoms with Crippen LogP contribution in [0.2, 0.25) is 0 Å². The molecular weight excluding hydrogens is 116 g/mol. The third-order valence-corrected chi connectivity index (χ3v) is 1.24. The van der Waals surface area contributed by atoms with Gasteiger partial charge >= 0.3 is 0 Å². The number of nitrogens with zero attached hydrogens (tertiary/aromatic N) is 2. The first-order valence-corrected chi connectivity index (χ1v) is 2.93. The van der Waals surface area contributed by atoms with Crippen molar-refractivity contribution in [1.82, 2.24) is 9.71 Å². The van der Waals surface area contributed by atoms with Gasteiger partial charge in [0.1, 0.15) is 6.33 Å². The summed E-state index contributed by atoms with van der Waals surface area (Å²) in [5.74, 6) is 0.331. The molecule has 0 aromatic carbocycles. The zero-order valence-electron chi connectivity index (χ0n) is 5.57. The zero-order chi connectivity index (χ0) is 6.85. The van der Waals surface area contributed by atoms with Gasteiger partial charge in [-0.15, -0.1) is 0 Å². The summed E-state index contributed by atoms with van der Waals surface area (Å²) < 4.78 is 1.05. The number of hydrogen-bond acceptors (Lipinski definition) is 2. The van der Waals surface area contributed by atoms with E-state index >= 15 is 0 Å². The minimum Gasteiger partial charge on any atom is -0.427 e. The van der Waals surface area contributed by atoms with E-state index in [1.165, 1.54) is 6.33 Å². The van der Waals surface area contributed by atoms with Gasteiger partial charge in [0.05, 0.1) is 11.9 Å². The maximum absolute atomic E-state index is 8.98. The van der Waals surface area contributed by atoms with Crippen molar-refractivity contribution in [1.29, 1.82) is 0 Å². The Bertz CT molecular complexity index is 193. The van der Waals surface area contributed by atoms with Crippen LogP contribution < -0.4 is 0 Å². The molecule has 0 radical (unpaired) electrons. The van der Waals surface area contributed by atoms with Gasteiger partial charge in [-0.3, -0.25) is 0 Å². The van der Waals surface area contributed by atoms with E-state index in [0.29, 0.717) is 5.92 Å². The Kier molecular flexibility index (Phi) is 1.42. The molecule has 0 saturated heterocycles. The zero-order valence-corrected chi connectivity index (χ0v) is 5.57. The fraction of sp³-hybridized carbons (Fsp3) is 0.500. The van der Waals surface area contributed by atoms with Crippen LogP contribution >= 0.6 is 0 Å². The lowest BCUT2D eigenvalue weighted by Gasteiger charge is -2.01. The SMILES string of the molecule is CC(C)c1cncn1O. The topological polar surface area (TPSA) is 38.0 Å². The molecule has 0 fully saturated rings. The number of rotatable bonds is 1. The molecule has 0 amide bonds. The summed E-state index contributed by atoms with van der Waals surface area (Å²) in [6.07, 6.45) is 3.04. The molecule has 1 rings (SSSR count). The Morgan fingerprint density at radius 1 is 1.67 bits per heavy atom. The summed E-state index contributed by atoms with van der Waals surface area (Å²) >= 11 is 0. The molecule has 3 heteroatoms. The van der Waals surface area contributed by atoms with E-state index in [9.17, 15) is 0 Å². The van der Waals surface area contributed by atoms with Crippen molar-refractivity contribution < 1.29 is 5.21 Å². The lowest BCUT2D eigenvalue weighted by atomic mass is 10.2. The predicted octanol–water partition coefficient (Wildman–Crippen LogP) is 1.24. The molecule has 0 spiro atoms. The Morgan fingerprint density at radius 3 is 2.56 bits per heavy atom. The van der Waals surface area contributed by atoms with Crippen LogP contribution in [0.3, 0.4) is 0 Å². The summed E-state index contributed by atoms with van der Waals surface area (Å²) in [7, 11) is 0. The highest BCUT2D eigenvalue weighted by Gasteiger charge is 2.03. The van der Waals surface area contributed by atoms with Crippen LogP contribution in [0.5, 0.6) is 0 Å². The fourth-order valence-corrected chi connectivity index (χ4v) is 0.712. The van der Waals surface area contributed by atoms with E-state index in [2.05, 4.69) is 4.98 Å². The van der Waals surface area contributed by atoms with Crippen LogP contribution in [-0.2, 0) is 0 Å². The Morgan fingerprint density at radius 2 is 2.33 bits per heavy atom. The molecule has 0 aliphatic rings. The van der Waals surface area contributed by atoms with Crippen LogP contribution in [-0.4, -0.2) is 14.9 Å². The van der Waals surface area contributed by atoms with Crippen LogP contribution in [0, 0.1) is 0 Å². The highest BCUT2D eigenvalue weighted by Crippen LogP contribution is 2.10. The van der Waals surface area contributed by atoms with Gasteiger partial charge in [-0.25, -0.2) is 4.98 Å². The van der Waals surface area contributed by atoms with Gasteiger partial charge in [0.15, 0.2) is 0 Å². The van der Waals surface area contributed by atoms with E-state index in [1.54, 1.807) is 6.20 Å². The van der Waals surface area contributed by atoms with Crippen molar-refractivity contribution in [3.8, 4) is 0 Å². The van der Waals surface area contributed by atoms with Crippen molar-refractivity contribution >= 4 is 0 Å². The molecule has 1 aromatic heterocycles. The van der Waals surface area contributed by atoms with Gasteiger partial charge in [0.25, 0.3) is 0 Å². The van der Waals surface area contributed by atoms with E-state index in [-0.39, 0.29) is 0 Å². The monoisotopic (exact) mass is 126 g/mol. The second-order valence-electron chi connectivity index (χ2n) is 2.32. The van der Waals surface area contributed by atoms with E-state index < -0.39 is 0 Å². The largest absolute Gasteiger partial charge is 0.427 e. The minimum absolute atomic E-state index is 0.331. The molecule has 0 saturated carbocycles. The quantitative estimate of drug-likeness (QED) is 0.575. The first kappa shape index (κ1) is 6.13. The van der Waals surface area contributed by atoms with Crippen molar-refractivity contribution in [2.45, 2.75) is 19.8 Å². The molecule has 0 aliphatic carbocycles. The number of aromatic nitrogens is 2. The molecule has 0 bridgehead atoms. The van der Waals surface area contributed by atoms with Crippen LogP contribution in [0.25, 0.3) is 0 Å². The summed E-state index contributed by atoms with van der Waals surface area (Å²) in [5, 5.41) is 8.98. The van der Waals surface area contributed by atoms with Gasteiger partial charge in [0, 0.05) is 0 Å². The minimum atomic E-state index is 0.331. The fourth-order valence-electron chi connectivity index (χ4n) is 0.712. The lowest BCUT2D eigenvalue weighted by molar-refractivity contribution is 0.174. The normalized spacial score (nSPS) is 10.6. The van der Waals surface area contributed by atoms with Crippen LogP contribution in [0.4, 0.5) is 0 Å². The van der Waals surface area contributed by atoms with Gasteiger partial charge in [-0.1, -0.05) is 13.8 Å². The van der Waals surface area contributed by atoms with Crippen LogP contribution in [0.1, 0.15) is 25.5 Å². The average Bonchev–Trinajstić information content (AvgIpc) is 2.13. The Hall–Kier alpha value is -0.990. The number of imidazole rings is 1. The molecule has 1 heterocycles. The molecule has 1 N–H and O–H groups in total. The molecular formula is C6H10N2O. The third kappa shape index (κ3) is 1.04. The molecule has 0 unspecified atom stereocenters. The van der Waals surface area contributed by atoms with Crippen molar-refractivity contribution in [2.24, 2.45) is 0 Å². The Balaban J connectivity index is 2.94. The van der Waals surface area contributed by atoms with E-state index in [0.717, 1.165) is 10.4 Å². The van der Waals surface area contributed by atoms with Gasteiger partial charge in [-0.2, -0.15) is 4.73 Å². The Labute approximate surface area is 53.9 Å². The standard InChI is InChI=1S/C6H10N2O/c1-5(2)6-3-7-4-8(6)9/h3-5,9H,1-2H3. The molecule has 50 valence electrons. The van der Waals surface area contributed by atoms with Gasteiger partial charge < -0.3 is 5.21 Å². The second-order valence-corrected chi connectivity index (χ2v) is 2.32. The van der Waals surface area contributed by atoms with E-state index in [1.807, 2.05) is 13.8 Å². The predicted molar refractivity (Wildman–Crippen MR) is 33.5 cm³/mol. The summed E-state index contributed by atoms with van der Waals surface area (Å²) in [6, 6.07) is 0. The van der Waals surface area contributed by atoms with Crippen LogP contribution in [0.15, 0.2) is 12.5 Å². The highest BCUT2D eigenvalue weighted by atomic mass is 16.5. The van der Waals surface area contributed by atoms with Crippen molar-refractivity contribution in [2.75, 3.05) is 0 Å². The average molecular weight is 126 g/mol.